The van der Waals surface area contributed by atoms with Gasteiger partial charge in [-0.2, -0.15) is 9.89 Å². The molecule has 1 aromatic rings. The van der Waals surface area contributed by atoms with Crippen molar-refractivity contribution in [2.24, 2.45) is 5.73 Å². The first-order chi connectivity index (χ1) is 5.70. The van der Waals surface area contributed by atoms with Crippen LogP contribution in [0.5, 0.6) is 0 Å². The fourth-order valence-electron chi connectivity index (χ4n) is 0.642. The van der Waals surface area contributed by atoms with Crippen LogP contribution in [0.3, 0.4) is 0 Å². The molecule has 0 saturated carbocycles. The highest BCUT2D eigenvalue weighted by atomic mass is 16.4. The molecule has 0 aliphatic carbocycles. The lowest BCUT2D eigenvalue weighted by molar-refractivity contribution is -0.138. The topological polar surface area (TPSA) is 93.2 Å². The number of hydrogen-bond donors (Lipinski definition) is 3. The van der Waals surface area contributed by atoms with E-state index in [1.54, 1.807) is 18.5 Å². The molecule has 4 N–H and O–H groups in total. The molecule has 6 nitrogen and oxygen atoms in total. The minimum atomic E-state index is -1.03. The summed E-state index contributed by atoms with van der Waals surface area (Å²) in [5, 5.41) is 12.2. The van der Waals surface area contributed by atoms with Crippen LogP contribution in [-0.4, -0.2) is 33.6 Å². The first-order valence-electron chi connectivity index (χ1n) is 3.42. The van der Waals surface area contributed by atoms with Gasteiger partial charge in [-0.05, 0) is 6.07 Å². The van der Waals surface area contributed by atoms with Crippen molar-refractivity contribution in [2.75, 3.05) is 12.0 Å². The van der Waals surface area contributed by atoms with Crippen LogP contribution in [0, 0.1) is 0 Å². The molecular formula is C6H10N4O2. The summed E-state index contributed by atoms with van der Waals surface area (Å²) in [6.07, 6.45) is 3.24. The van der Waals surface area contributed by atoms with Gasteiger partial charge in [-0.25, -0.2) is 0 Å². The summed E-state index contributed by atoms with van der Waals surface area (Å²) in [6.45, 7) is 0.150. The largest absolute Gasteiger partial charge is 0.480 e. The van der Waals surface area contributed by atoms with E-state index in [2.05, 4.69) is 10.5 Å². The van der Waals surface area contributed by atoms with Gasteiger partial charge in [0.25, 0.3) is 0 Å². The molecule has 66 valence electrons. The highest BCUT2D eigenvalue weighted by molar-refractivity contribution is 5.73. The van der Waals surface area contributed by atoms with E-state index >= 15 is 0 Å². The third-order valence-electron chi connectivity index (χ3n) is 1.29. The van der Waals surface area contributed by atoms with Gasteiger partial charge in [0.1, 0.15) is 6.04 Å². The molecule has 0 fully saturated rings. The number of aromatic nitrogens is 2. The predicted molar refractivity (Wildman–Crippen MR) is 42.1 cm³/mol. The molecule has 0 amide bonds. The van der Waals surface area contributed by atoms with Gasteiger partial charge in [-0.15, -0.1) is 0 Å². The first kappa shape index (κ1) is 8.54. The quantitative estimate of drug-likeness (QED) is 0.530. The van der Waals surface area contributed by atoms with Gasteiger partial charge in [-0.1, -0.05) is 0 Å². The van der Waals surface area contributed by atoms with Crippen LogP contribution in [0.15, 0.2) is 18.5 Å². The number of hydrogen-bond acceptors (Lipinski definition) is 4. The third kappa shape index (κ3) is 2.24. The third-order valence-corrected chi connectivity index (χ3v) is 1.29. The molecule has 0 saturated heterocycles. The van der Waals surface area contributed by atoms with Crippen LogP contribution < -0.4 is 11.2 Å². The summed E-state index contributed by atoms with van der Waals surface area (Å²) in [5.74, 6) is -1.03. The fraction of sp³-hybridized carbons (Fsp3) is 0.333. The van der Waals surface area contributed by atoms with Crippen molar-refractivity contribution in [2.45, 2.75) is 6.04 Å². The zero-order valence-electron chi connectivity index (χ0n) is 6.34. The number of nitrogens with zero attached hydrogens (tertiary/aromatic N) is 2. The van der Waals surface area contributed by atoms with Gasteiger partial charge >= 0.3 is 5.97 Å². The van der Waals surface area contributed by atoms with E-state index in [0.717, 1.165) is 0 Å². The molecule has 0 aliphatic heterocycles. The number of aliphatic carboxylic acids is 1. The maximum absolute atomic E-state index is 10.3. The number of carboxylic acids is 1. The molecule has 0 radical (unpaired) electrons. The van der Waals surface area contributed by atoms with E-state index in [9.17, 15) is 4.79 Å². The summed E-state index contributed by atoms with van der Waals surface area (Å²) in [6, 6.07) is 0.813. The van der Waals surface area contributed by atoms with Crippen molar-refractivity contribution in [1.29, 1.82) is 0 Å². The molecule has 1 heterocycles. The Kier molecular flexibility index (Phi) is 2.65. The Morgan fingerprint density at radius 3 is 3.08 bits per heavy atom. The van der Waals surface area contributed by atoms with Gasteiger partial charge in [0.05, 0.1) is 12.7 Å². The summed E-state index contributed by atoms with van der Waals surface area (Å²) in [4.78, 5) is 11.7. The van der Waals surface area contributed by atoms with Crippen molar-refractivity contribution in [3.8, 4) is 0 Å². The highest BCUT2D eigenvalue weighted by Crippen LogP contribution is 1.81. The molecule has 0 aromatic carbocycles. The van der Waals surface area contributed by atoms with Crippen molar-refractivity contribution < 1.29 is 9.90 Å². The van der Waals surface area contributed by atoms with E-state index < -0.39 is 12.0 Å². The number of nitrogens with two attached hydrogens (primary N) is 1. The number of rotatable bonds is 4. The molecule has 0 aliphatic rings. The molecule has 1 rings (SSSR count). The van der Waals surface area contributed by atoms with Gasteiger partial charge in [0.15, 0.2) is 0 Å². The normalized spacial score (nSPS) is 12.4. The van der Waals surface area contributed by atoms with Crippen molar-refractivity contribution in [1.82, 2.24) is 9.89 Å². The molecule has 6 heteroatoms. The minimum absolute atomic E-state index is 0.150. The lowest BCUT2D eigenvalue weighted by Gasteiger charge is -2.08. The zero-order valence-corrected chi connectivity index (χ0v) is 6.34. The second-order valence-electron chi connectivity index (χ2n) is 2.26. The SMILES string of the molecule is N[C@@H](CNn1cccn1)C(=O)O. The molecule has 0 bridgehead atoms. The zero-order chi connectivity index (χ0) is 8.97. The fourth-order valence-corrected chi connectivity index (χ4v) is 0.642. The maximum atomic E-state index is 10.3. The van der Waals surface area contributed by atoms with Crippen LogP contribution >= 0.6 is 0 Å². The molecule has 12 heavy (non-hydrogen) atoms. The van der Waals surface area contributed by atoms with Gasteiger partial charge in [0.2, 0.25) is 0 Å². The Morgan fingerprint density at radius 1 is 1.83 bits per heavy atom. The van der Waals surface area contributed by atoms with Crippen molar-refractivity contribution in [3.05, 3.63) is 18.5 Å². The Morgan fingerprint density at radius 2 is 2.58 bits per heavy atom. The van der Waals surface area contributed by atoms with Gasteiger partial charge in [0, 0.05) is 6.20 Å². The Balaban J connectivity index is 2.31. The summed E-state index contributed by atoms with van der Waals surface area (Å²) >= 11 is 0. The van der Waals surface area contributed by atoms with E-state index in [1.165, 1.54) is 4.79 Å². The van der Waals surface area contributed by atoms with Crippen LogP contribution in [0.25, 0.3) is 0 Å². The van der Waals surface area contributed by atoms with Crippen LogP contribution in [0.1, 0.15) is 0 Å². The number of nitrogens with one attached hydrogen (secondary N) is 1. The number of carboxylic acid groups (broad SMARTS) is 1. The van der Waals surface area contributed by atoms with E-state index in [4.69, 9.17) is 10.8 Å². The highest BCUT2D eigenvalue weighted by Gasteiger charge is 2.09. The Hall–Kier alpha value is -1.56. The lowest BCUT2D eigenvalue weighted by atomic mass is 10.3. The second kappa shape index (κ2) is 3.72. The Labute approximate surface area is 68.9 Å². The predicted octanol–water partition coefficient (Wildman–Crippen LogP) is -1.16. The smallest absolute Gasteiger partial charge is 0.322 e. The first-order valence-corrected chi connectivity index (χ1v) is 3.42. The lowest BCUT2D eigenvalue weighted by Crippen LogP contribution is -2.39. The standard InChI is InChI=1S/C6H10N4O2/c7-5(6(11)12)4-9-10-3-1-2-8-10/h1-3,5,9H,4,7H2,(H,11,12)/t5-/m0/s1. The van der Waals surface area contributed by atoms with Crippen molar-refractivity contribution >= 4 is 5.97 Å². The van der Waals surface area contributed by atoms with Gasteiger partial charge in [-0.3, -0.25) is 4.79 Å². The van der Waals surface area contributed by atoms with Crippen LogP contribution in [0.4, 0.5) is 0 Å². The monoisotopic (exact) mass is 170 g/mol. The summed E-state index contributed by atoms with van der Waals surface area (Å²) in [5.41, 5.74) is 7.94. The molecule has 0 spiro atoms. The van der Waals surface area contributed by atoms with Crippen LogP contribution in [-0.2, 0) is 4.79 Å². The summed E-state index contributed by atoms with van der Waals surface area (Å²) in [7, 11) is 0. The number of carbonyl (C=O) groups is 1. The van der Waals surface area contributed by atoms with E-state index in [-0.39, 0.29) is 6.54 Å². The molecule has 0 unspecified atom stereocenters. The van der Waals surface area contributed by atoms with Crippen LogP contribution in [0.2, 0.25) is 0 Å². The molecule has 1 atom stereocenters. The minimum Gasteiger partial charge on any atom is -0.480 e. The molecular weight excluding hydrogens is 160 g/mol. The average molecular weight is 170 g/mol. The molecule has 1 aromatic heterocycles. The van der Waals surface area contributed by atoms with E-state index in [0.29, 0.717) is 0 Å². The second-order valence-corrected chi connectivity index (χ2v) is 2.26. The Bertz CT molecular complexity index is 246. The maximum Gasteiger partial charge on any atom is 0.322 e. The van der Waals surface area contributed by atoms with E-state index in [1.807, 2.05) is 0 Å². The average Bonchev–Trinajstić information content (AvgIpc) is 2.51. The van der Waals surface area contributed by atoms with Gasteiger partial charge < -0.3 is 16.3 Å². The van der Waals surface area contributed by atoms with Crippen molar-refractivity contribution in [3.63, 3.8) is 0 Å². The summed E-state index contributed by atoms with van der Waals surface area (Å²) < 4.78 is 0.